The SMILES string of the molecule is O=C(CSc1nnc(-c2ccco2)n1Cc1ccccc1)Nc1ncc(Cl)cc1Cl. The van der Waals surface area contributed by atoms with E-state index in [2.05, 4.69) is 20.5 Å². The van der Waals surface area contributed by atoms with Gasteiger partial charge in [-0.05, 0) is 23.8 Å². The van der Waals surface area contributed by atoms with Crippen molar-refractivity contribution in [3.63, 3.8) is 0 Å². The number of amides is 1. The van der Waals surface area contributed by atoms with Crippen LogP contribution < -0.4 is 5.32 Å². The highest BCUT2D eigenvalue weighted by atomic mass is 35.5. The lowest BCUT2D eigenvalue weighted by Gasteiger charge is -2.10. The first-order valence-corrected chi connectivity index (χ1v) is 10.6. The van der Waals surface area contributed by atoms with Gasteiger partial charge in [-0.15, -0.1) is 10.2 Å². The Kier molecular flexibility index (Phi) is 6.37. The van der Waals surface area contributed by atoms with Gasteiger partial charge < -0.3 is 9.73 Å². The Hall–Kier alpha value is -2.81. The van der Waals surface area contributed by atoms with Crippen molar-refractivity contribution in [1.82, 2.24) is 19.7 Å². The van der Waals surface area contributed by atoms with Crippen molar-refractivity contribution >= 4 is 46.7 Å². The molecule has 1 aromatic carbocycles. The number of halogens is 2. The molecular formula is C20H15Cl2N5O2S. The molecule has 0 saturated carbocycles. The molecule has 7 nitrogen and oxygen atoms in total. The number of carbonyl (C=O) groups is 1. The Labute approximate surface area is 186 Å². The molecule has 0 unspecified atom stereocenters. The van der Waals surface area contributed by atoms with Crippen LogP contribution >= 0.6 is 35.0 Å². The first-order chi connectivity index (χ1) is 14.6. The highest BCUT2D eigenvalue weighted by molar-refractivity contribution is 7.99. The Morgan fingerprint density at radius 2 is 1.97 bits per heavy atom. The Morgan fingerprint density at radius 1 is 1.13 bits per heavy atom. The number of hydrogen-bond acceptors (Lipinski definition) is 6. The second kappa shape index (κ2) is 9.34. The average Bonchev–Trinajstić information content (AvgIpc) is 3.39. The van der Waals surface area contributed by atoms with Gasteiger partial charge in [-0.2, -0.15) is 0 Å². The fourth-order valence-corrected chi connectivity index (χ4v) is 3.86. The zero-order valence-electron chi connectivity index (χ0n) is 15.5. The molecule has 152 valence electrons. The van der Waals surface area contributed by atoms with Crippen molar-refractivity contribution < 1.29 is 9.21 Å². The summed E-state index contributed by atoms with van der Waals surface area (Å²) in [6.45, 7) is 0.540. The van der Waals surface area contributed by atoms with Crippen molar-refractivity contribution in [2.24, 2.45) is 0 Å². The van der Waals surface area contributed by atoms with Gasteiger partial charge in [0.15, 0.2) is 16.7 Å². The van der Waals surface area contributed by atoms with Gasteiger partial charge >= 0.3 is 0 Å². The first kappa shape index (κ1) is 20.5. The standard InChI is InChI=1S/C20H15Cl2N5O2S/c21-14-9-15(22)18(23-10-14)24-17(28)12-30-20-26-25-19(16-7-4-8-29-16)27(20)11-13-5-2-1-3-6-13/h1-10H,11-12H2,(H,23,24,28). The number of furan rings is 1. The van der Waals surface area contributed by atoms with E-state index in [-0.39, 0.29) is 22.5 Å². The summed E-state index contributed by atoms with van der Waals surface area (Å²) >= 11 is 13.2. The number of hydrogen-bond donors (Lipinski definition) is 1. The third-order valence-corrected chi connectivity index (χ3v) is 5.50. The molecule has 1 amide bonds. The highest BCUT2D eigenvalue weighted by Gasteiger charge is 2.18. The maximum Gasteiger partial charge on any atom is 0.236 e. The van der Waals surface area contributed by atoms with Gasteiger partial charge in [-0.3, -0.25) is 9.36 Å². The Bertz CT molecular complexity index is 1150. The average molecular weight is 460 g/mol. The number of thioether (sulfide) groups is 1. The second-order valence-corrected chi connectivity index (χ2v) is 7.96. The smallest absolute Gasteiger partial charge is 0.236 e. The lowest BCUT2D eigenvalue weighted by molar-refractivity contribution is -0.113. The lowest BCUT2D eigenvalue weighted by atomic mass is 10.2. The van der Waals surface area contributed by atoms with E-state index in [9.17, 15) is 4.79 Å². The molecule has 4 aromatic rings. The summed E-state index contributed by atoms with van der Waals surface area (Å²) in [6.07, 6.45) is 3.00. The number of aromatic nitrogens is 4. The van der Waals surface area contributed by atoms with Gasteiger partial charge in [0.05, 0.1) is 28.6 Å². The monoisotopic (exact) mass is 459 g/mol. The molecule has 0 spiro atoms. The normalized spacial score (nSPS) is 10.9. The fraction of sp³-hybridized carbons (Fsp3) is 0.100. The molecular weight excluding hydrogens is 445 g/mol. The number of nitrogens with zero attached hydrogens (tertiary/aromatic N) is 4. The number of nitrogens with one attached hydrogen (secondary N) is 1. The quantitative estimate of drug-likeness (QED) is 0.390. The van der Waals surface area contributed by atoms with Gasteiger partial charge in [0.2, 0.25) is 11.7 Å². The molecule has 1 N–H and O–H groups in total. The summed E-state index contributed by atoms with van der Waals surface area (Å²) in [4.78, 5) is 16.4. The van der Waals surface area contributed by atoms with Gasteiger partial charge in [0.25, 0.3) is 0 Å². The minimum Gasteiger partial charge on any atom is -0.461 e. The summed E-state index contributed by atoms with van der Waals surface area (Å²) in [6, 6.07) is 15.1. The molecule has 0 aliphatic heterocycles. The summed E-state index contributed by atoms with van der Waals surface area (Å²) in [7, 11) is 0. The number of rotatable bonds is 7. The van der Waals surface area contributed by atoms with Crippen LogP contribution in [0.2, 0.25) is 10.0 Å². The molecule has 3 heterocycles. The van der Waals surface area contributed by atoms with E-state index in [1.54, 1.807) is 12.3 Å². The van der Waals surface area contributed by atoms with Crippen LogP contribution in [0.5, 0.6) is 0 Å². The molecule has 0 fully saturated rings. The van der Waals surface area contributed by atoms with Crippen molar-refractivity contribution in [3.8, 4) is 11.6 Å². The van der Waals surface area contributed by atoms with E-state index in [0.717, 1.165) is 5.56 Å². The van der Waals surface area contributed by atoms with Crippen LogP contribution in [0.15, 0.2) is 70.6 Å². The number of carbonyl (C=O) groups excluding carboxylic acids is 1. The maximum atomic E-state index is 12.4. The van der Waals surface area contributed by atoms with Crippen LogP contribution in [-0.4, -0.2) is 31.4 Å². The number of benzene rings is 1. The summed E-state index contributed by atoms with van der Waals surface area (Å²) in [5, 5.41) is 12.4. The Morgan fingerprint density at radius 3 is 2.70 bits per heavy atom. The molecule has 0 saturated heterocycles. The third-order valence-electron chi connectivity index (χ3n) is 4.04. The summed E-state index contributed by atoms with van der Waals surface area (Å²) < 4.78 is 7.41. The topological polar surface area (TPSA) is 85.8 Å². The third kappa shape index (κ3) is 4.84. The zero-order valence-corrected chi connectivity index (χ0v) is 17.8. The molecule has 0 radical (unpaired) electrons. The van der Waals surface area contributed by atoms with Crippen LogP contribution in [0.1, 0.15) is 5.56 Å². The van der Waals surface area contributed by atoms with Crippen LogP contribution in [0, 0.1) is 0 Å². The van der Waals surface area contributed by atoms with Gasteiger partial charge in [0, 0.05) is 6.20 Å². The predicted octanol–water partition coefficient (Wildman–Crippen LogP) is 5.02. The van der Waals surface area contributed by atoms with E-state index < -0.39 is 0 Å². The van der Waals surface area contributed by atoms with Crippen molar-refractivity contribution in [2.45, 2.75) is 11.7 Å². The van der Waals surface area contributed by atoms with Crippen molar-refractivity contribution in [1.29, 1.82) is 0 Å². The van der Waals surface area contributed by atoms with E-state index in [0.29, 0.717) is 28.3 Å². The molecule has 30 heavy (non-hydrogen) atoms. The van der Waals surface area contributed by atoms with Gasteiger partial charge in [0.1, 0.15) is 0 Å². The fourth-order valence-electron chi connectivity index (χ4n) is 2.70. The van der Waals surface area contributed by atoms with E-state index in [1.165, 1.54) is 24.0 Å². The van der Waals surface area contributed by atoms with Gasteiger partial charge in [-0.25, -0.2) is 4.98 Å². The minimum atomic E-state index is -0.273. The van der Waals surface area contributed by atoms with Crippen molar-refractivity contribution in [3.05, 3.63) is 76.6 Å². The molecule has 0 bridgehead atoms. The predicted molar refractivity (Wildman–Crippen MR) is 117 cm³/mol. The van der Waals surface area contributed by atoms with Crippen LogP contribution in [0.3, 0.4) is 0 Å². The van der Waals surface area contributed by atoms with Gasteiger partial charge in [-0.1, -0.05) is 65.3 Å². The van der Waals surface area contributed by atoms with Crippen LogP contribution in [0.25, 0.3) is 11.6 Å². The highest BCUT2D eigenvalue weighted by Crippen LogP contribution is 2.26. The molecule has 0 aliphatic carbocycles. The Balaban J connectivity index is 1.51. The number of pyridine rings is 1. The molecule has 0 aliphatic rings. The summed E-state index contributed by atoms with van der Waals surface area (Å²) in [5.74, 6) is 1.28. The van der Waals surface area contributed by atoms with E-state index >= 15 is 0 Å². The first-order valence-electron chi connectivity index (χ1n) is 8.85. The largest absolute Gasteiger partial charge is 0.461 e. The minimum absolute atomic E-state index is 0.103. The second-order valence-electron chi connectivity index (χ2n) is 6.18. The zero-order chi connectivity index (χ0) is 20.9. The molecule has 0 atom stereocenters. The maximum absolute atomic E-state index is 12.4. The molecule has 3 aromatic heterocycles. The lowest BCUT2D eigenvalue weighted by Crippen LogP contribution is -2.16. The van der Waals surface area contributed by atoms with Crippen molar-refractivity contribution in [2.75, 3.05) is 11.1 Å². The molecule has 4 rings (SSSR count). The van der Waals surface area contributed by atoms with Crippen LogP contribution in [-0.2, 0) is 11.3 Å². The van der Waals surface area contributed by atoms with E-state index in [1.807, 2.05) is 41.0 Å². The summed E-state index contributed by atoms with van der Waals surface area (Å²) in [5.41, 5.74) is 1.08. The number of anilines is 1. The van der Waals surface area contributed by atoms with E-state index in [4.69, 9.17) is 27.6 Å². The molecule has 10 heteroatoms. The van der Waals surface area contributed by atoms with Crippen LogP contribution in [0.4, 0.5) is 5.82 Å².